The van der Waals surface area contributed by atoms with Gasteiger partial charge >= 0.3 is 0 Å². The zero-order chi connectivity index (χ0) is 16.2. The van der Waals surface area contributed by atoms with Crippen molar-refractivity contribution in [1.82, 2.24) is 10.6 Å². The molecule has 1 aromatic carbocycles. The van der Waals surface area contributed by atoms with Gasteiger partial charge in [-0.3, -0.25) is 4.79 Å². The molecule has 1 fully saturated rings. The quantitative estimate of drug-likeness (QED) is 0.846. The highest BCUT2D eigenvalue weighted by atomic mass is 35.5. The number of hydrogen-bond acceptors (Lipinski definition) is 3. The lowest BCUT2D eigenvalue weighted by molar-refractivity contribution is -0.123. The molecule has 134 valence electrons. The molecule has 0 spiro atoms. The Kier molecular flexibility index (Phi) is 7.20. The normalized spacial score (nSPS) is 24.1. The van der Waals surface area contributed by atoms with Gasteiger partial charge in [0.2, 0.25) is 5.91 Å². The van der Waals surface area contributed by atoms with Crippen molar-refractivity contribution in [3.05, 3.63) is 28.8 Å². The number of nitrogens with one attached hydrogen (secondary N) is 2. The maximum absolute atomic E-state index is 12.5. The van der Waals surface area contributed by atoms with Gasteiger partial charge in [0, 0.05) is 18.4 Å². The standard InChI is InChI=1S/C18H25ClN2O2.ClH/c1-12(13-4-3-8-20-11-13)10-17(22)21-16-7-9-23-18-14(16)5-2-6-15(18)19;/h2,5-6,12-13,16,20H,3-4,7-11H2,1H3,(H,21,22);1H. The van der Waals surface area contributed by atoms with Gasteiger partial charge in [-0.1, -0.05) is 30.7 Å². The van der Waals surface area contributed by atoms with Crippen molar-refractivity contribution >= 4 is 29.9 Å². The first-order valence-corrected chi connectivity index (χ1v) is 8.94. The van der Waals surface area contributed by atoms with Gasteiger partial charge < -0.3 is 15.4 Å². The molecule has 2 N–H and O–H groups in total. The van der Waals surface area contributed by atoms with E-state index >= 15 is 0 Å². The first-order chi connectivity index (χ1) is 11.1. The Morgan fingerprint density at radius 1 is 1.46 bits per heavy atom. The second-order valence-corrected chi connectivity index (χ2v) is 7.11. The van der Waals surface area contributed by atoms with Gasteiger partial charge in [-0.2, -0.15) is 0 Å². The van der Waals surface area contributed by atoms with Gasteiger partial charge in [-0.15, -0.1) is 12.4 Å². The lowest BCUT2D eigenvalue weighted by atomic mass is 9.85. The summed E-state index contributed by atoms with van der Waals surface area (Å²) in [5, 5.41) is 7.21. The third-order valence-corrected chi connectivity index (χ3v) is 5.31. The van der Waals surface area contributed by atoms with E-state index in [1.54, 1.807) is 0 Å². The Morgan fingerprint density at radius 3 is 3.04 bits per heavy atom. The van der Waals surface area contributed by atoms with Crippen molar-refractivity contribution in [1.29, 1.82) is 0 Å². The molecule has 0 aliphatic carbocycles. The number of hydrogen-bond donors (Lipinski definition) is 2. The van der Waals surface area contributed by atoms with E-state index in [0.29, 0.717) is 29.9 Å². The highest BCUT2D eigenvalue weighted by molar-refractivity contribution is 6.32. The van der Waals surface area contributed by atoms with Crippen LogP contribution in [0.3, 0.4) is 0 Å². The molecule has 2 heterocycles. The Bertz CT molecular complexity index is 562. The molecular formula is C18H26Cl2N2O2. The molecule has 3 unspecified atom stereocenters. The summed E-state index contributed by atoms with van der Waals surface area (Å²) in [4.78, 5) is 12.5. The van der Waals surface area contributed by atoms with Crippen molar-refractivity contribution in [2.75, 3.05) is 19.7 Å². The van der Waals surface area contributed by atoms with Crippen molar-refractivity contribution in [2.45, 2.75) is 38.6 Å². The fraction of sp³-hybridized carbons (Fsp3) is 0.611. The SMILES string of the molecule is CC(CC(=O)NC1CCOc2c(Cl)cccc21)C1CCCNC1.Cl. The van der Waals surface area contributed by atoms with Crippen LogP contribution in [0.2, 0.25) is 5.02 Å². The van der Waals surface area contributed by atoms with Crippen molar-refractivity contribution < 1.29 is 9.53 Å². The highest BCUT2D eigenvalue weighted by Crippen LogP contribution is 2.37. The van der Waals surface area contributed by atoms with Crippen LogP contribution in [0, 0.1) is 11.8 Å². The molecule has 1 saturated heterocycles. The number of fused-ring (bicyclic) bond motifs is 1. The Labute approximate surface area is 155 Å². The van der Waals surface area contributed by atoms with E-state index in [9.17, 15) is 4.79 Å². The maximum Gasteiger partial charge on any atom is 0.220 e. The summed E-state index contributed by atoms with van der Waals surface area (Å²) in [6.45, 7) is 4.91. The molecule has 2 aliphatic rings. The minimum Gasteiger partial charge on any atom is -0.492 e. The topological polar surface area (TPSA) is 50.4 Å². The summed E-state index contributed by atoms with van der Waals surface area (Å²) in [7, 11) is 0. The predicted octanol–water partition coefficient (Wildman–Crippen LogP) is 3.73. The van der Waals surface area contributed by atoms with Crippen molar-refractivity contribution in [3.63, 3.8) is 0 Å². The molecule has 0 saturated carbocycles. The smallest absolute Gasteiger partial charge is 0.220 e. The molecule has 4 nitrogen and oxygen atoms in total. The molecule has 0 aromatic heterocycles. The number of piperidine rings is 1. The van der Waals surface area contributed by atoms with E-state index < -0.39 is 0 Å². The summed E-state index contributed by atoms with van der Waals surface area (Å²) in [6.07, 6.45) is 3.80. The minimum atomic E-state index is 0. The van der Waals surface area contributed by atoms with Crippen LogP contribution in [0.15, 0.2) is 18.2 Å². The number of para-hydroxylation sites is 1. The molecule has 2 aliphatic heterocycles. The molecule has 3 rings (SSSR count). The molecule has 24 heavy (non-hydrogen) atoms. The van der Waals surface area contributed by atoms with Gasteiger partial charge in [0.1, 0.15) is 5.75 Å². The van der Waals surface area contributed by atoms with Gasteiger partial charge in [0.25, 0.3) is 0 Å². The van der Waals surface area contributed by atoms with Gasteiger partial charge in [0.05, 0.1) is 17.7 Å². The zero-order valence-corrected chi connectivity index (χ0v) is 15.6. The van der Waals surface area contributed by atoms with Crippen molar-refractivity contribution in [3.8, 4) is 5.75 Å². The van der Waals surface area contributed by atoms with Crippen LogP contribution >= 0.6 is 24.0 Å². The Balaban J connectivity index is 0.00000208. The molecule has 1 aromatic rings. The number of carbonyl (C=O) groups excluding carboxylic acids is 1. The van der Waals surface area contributed by atoms with Crippen LogP contribution in [0.5, 0.6) is 5.75 Å². The summed E-state index contributed by atoms with van der Waals surface area (Å²) in [5.74, 6) is 1.85. The van der Waals surface area contributed by atoms with Crippen LogP contribution in [-0.2, 0) is 4.79 Å². The third-order valence-electron chi connectivity index (χ3n) is 5.01. The average molecular weight is 373 g/mol. The van der Waals surface area contributed by atoms with E-state index in [-0.39, 0.29) is 24.4 Å². The molecule has 1 amide bonds. The number of rotatable bonds is 4. The summed E-state index contributed by atoms with van der Waals surface area (Å²) >= 11 is 6.19. The first kappa shape index (κ1) is 19.4. The van der Waals surface area contributed by atoms with Crippen LogP contribution in [-0.4, -0.2) is 25.6 Å². The summed E-state index contributed by atoms with van der Waals surface area (Å²) in [5.41, 5.74) is 0.990. The maximum atomic E-state index is 12.5. The Hall–Kier alpha value is -0.970. The molecule has 6 heteroatoms. The van der Waals surface area contributed by atoms with E-state index in [4.69, 9.17) is 16.3 Å². The second kappa shape index (κ2) is 8.93. The van der Waals surface area contributed by atoms with E-state index in [1.165, 1.54) is 12.8 Å². The molecule has 3 atom stereocenters. The number of ether oxygens (including phenoxy) is 1. The van der Waals surface area contributed by atoms with Gasteiger partial charge in [-0.25, -0.2) is 0 Å². The minimum absolute atomic E-state index is 0. The van der Waals surface area contributed by atoms with E-state index in [2.05, 4.69) is 17.6 Å². The van der Waals surface area contributed by atoms with Crippen LogP contribution in [0.4, 0.5) is 0 Å². The number of benzene rings is 1. The number of carbonyl (C=O) groups is 1. The van der Waals surface area contributed by atoms with Gasteiger partial charge in [0.15, 0.2) is 0 Å². The zero-order valence-electron chi connectivity index (χ0n) is 14.0. The third kappa shape index (κ3) is 4.56. The Morgan fingerprint density at radius 2 is 2.29 bits per heavy atom. The lowest BCUT2D eigenvalue weighted by Gasteiger charge is -2.30. The molecule has 0 bridgehead atoms. The number of amides is 1. The average Bonchev–Trinajstić information content (AvgIpc) is 2.56. The second-order valence-electron chi connectivity index (χ2n) is 6.70. The van der Waals surface area contributed by atoms with Crippen LogP contribution in [0.1, 0.15) is 44.2 Å². The van der Waals surface area contributed by atoms with Crippen LogP contribution in [0.25, 0.3) is 0 Å². The molecule has 0 radical (unpaired) electrons. The lowest BCUT2D eigenvalue weighted by Crippen LogP contribution is -2.37. The summed E-state index contributed by atoms with van der Waals surface area (Å²) < 4.78 is 5.65. The highest BCUT2D eigenvalue weighted by Gasteiger charge is 2.27. The largest absolute Gasteiger partial charge is 0.492 e. The van der Waals surface area contributed by atoms with Crippen molar-refractivity contribution in [2.24, 2.45) is 11.8 Å². The van der Waals surface area contributed by atoms with Gasteiger partial charge in [-0.05, 0) is 43.8 Å². The van der Waals surface area contributed by atoms with E-state index in [1.807, 2.05) is 18.2 Å². The molecular weight excluding hydrogens is 347 g/mol. The summed E-state index contributed by atoms with van der Waals surface area (Å²) in [6, 6.07) is 5.72. The first-order valence-electron chi connectivity index (χ1n) is 8.56. The van der Waals surface area contributed by atoms with Crippen LogP contribution < -0.4 is 15.4 Å². The van der Waals surface area contributed by atoms with E-state index in [0.717, 1.165) is 30.8 Å². The fourth-order valence-corrected chi connectivity index (χ4v) is 3.85. The fourth-order valence-electron chi connectivity index (χ4n) is 3.61. The number of halogens is 2. The predicted molar refractivity (Wildman–Crippen MR) is 99.1 cm³/mol. The monoisotopic (exact) mass is 372 g/mol.